The largest absolute Gasteiger partial charge is 0.298 e. The van der Waals surface area contributed by atoms with E-state index in [0.29, 0.717) is 12.1 Å². The molecule has 0 unspecified atom stereocenters. The van der Waals surface area contributed by atoms with Crippen molar-refractivity contribution < 1.29 is 4.79 Å². The molecule has 1 heterocycles. The summed E-state index contributed by atoms with van der Waals surface area (Å²) < 4.78 is 1.90. The fourth-order valence-electron chi connectivity index (χ4n) is 2.37. The molecule has 1 aromatic heterocycles. The molecule has 0 atom stereocenters. The van der Waals surface area contributed by atoms with Crippen LogP contribution >= 0.6 is 0 Å². The molecule has 0 aliphatic heterocycles. The monoisotopic (exact) mass is 242 g/mol. The number of hydrogen-bond donors (Lipinski definition) is 0. The van der Waals surface area contributed by atoms with Crippen LogP contribution < -0.4 is 0 Å². The third-order valence-corrected chi connectivity index (χ3v) is 3.17. The maximum absolute atomic E-state index is 11.0. The zero-order valence-corrected chi connectivity index (χ0v) is 11.3. The van der Waals surface area contributed by atoms with Gasteiger partial charge in [-0.1, -0.05) is 29.3 Å². The third-order valence-electron chi connectivity index (χ3n) is 3.17. The van der Waals surface area contributed by atoms with Gasteiger partial charge >= 0.3 is 0 Å². The highest BCUT2D eigenvalue weighted by Crippen LogP contribution is 2.14. The van der Waals surface area contributed by atoms with E-state index < -0.39 is 0 Å². The Kier molecular flexibility index (Phi) is 3.32. The molecule has 0 fully saturated rings. The Morgan fingerprint density at radius 3 is 2.22 bits per heavy atom. The molecule has 0 aliphatic rings. The van der Waals surface area contributed by atoms with Gasteiger partial charge in [0.1, 0.15) is 0 Å². The fraction of sp³-hybridized carbons (Fsp3) is 0.333. The SMILES string of the molecule is Cc1cc(C)cc(Cn2nc(C)c(C=O)c2C)c1. The highest BCUT2D eigenvalue weighted by atomic mass is 16.1. The molecule has 0 spiro atoms. The van der Waals surface area contributed by atoms with E-state index in [0.717, 1.165) is 17.7 Å². The zero-order chi connectivity index (χ0) is 13.3. The Hall–Kier alpha value is -1.90. The number of aryl methyl sites for hydroxylation is 3. The van der Waals surface area contributed by atoms with Gasteiger partial charge in [0.2, 0.25) is 0 Å². The first-order chi connectivity index (χ1) is 8.51. The topological polar surface area (TPSA) is 34.9 Å². The van der Waals surface area contributed by atoms with Crippen LogP contribution in [-0.4, -0.2) is 16.1 Å². The summed E-state index contributed by atoms with van der Waals surface area (Å²) in [6.07, 6.45) is 0.885. The first kappa shape index (κ1) is 12.6. The molecule has 2 rings (SSSR count). The molecule has 0 radical (unpaired) electrons. The van der Waals surface area contributed by atoms with E-state index in [2.05, 4.69) is 37.1 Å². The highest BCUT2D eigenvalue weighted by molar-refractivity contribution is 5.78. The average Bonchev–Trinajstić information content (AvgIpc) is 2.52. The van der Waals surface area contributed by atoms with Gasteiger partial charge in [-0.2, -0.15) is 5.10 Å². The highest BCUT2D eigenvalue weighted by Gasteiger charge is 2.10. The predicted octanol–water partition coefficient (Wildman–Crippen LogP) is 2.98. The molecule has 18 heavy (non-hydrogen) atoms. The molecule has 0 N–H and O–H groups in total. The number of aromatic nitrogens is 2. The van der Waals surface area contributed by atoms with Gasteiger partial charge in [-0.3, -0.25) is 9.48 Å². The molecule has 3 heteroatoms. The second-order valence-electron chi connectivity index (χ2n) is 4.86. The quantitative estimate of drug-likeness (QED) is 0.775. The van der Waals surface area contributed by atoms with Crippen LogP contribution in [0.2, 0.25) is 0 Å². The van der Waals surface area contributed by atoms with Crippen molar-refractivity contribution >= 4 is 6.29 Å². The van der Waals surface area contributed by atoms with Crippen LogP contribution in [0.25, 0.3) is 0 Å². The van der Waals surface area contributed by atoms with Crippen molar-refractivity contribution in [2.45, 2.75) is 34.2 Å². The molecule has 1 aromatic carbocycles. The van der Waals surface area contributed by atoms with Gasteiger partial charge < -0.3 is 0 Å². The summed E-state index contributed by atoms with van der Waals surface area (Å²) in [6, 6.07) is 6.47. The normalized spacial score (nSPS) is 10.7. The summed E-state index contributed by atoms with van der Waals surface area (Å²) in [4.78, 5) is 11.0. The maximum Gasteiger partial charge on any atom is 0.153 e. The van der Waals surface area contributed by atoms with Crippen molar-refractivity contribution in [1.29, 1.82) is 0 Å². The van der Waals surface area contributed by atoms with E-state index in [1.54, 1.807) is 0 Å². The zero-order valence-electron chi connectivity index (χ0n) is 11.3. The molecule has 0 aliphatic carbocycles. The van der Waals surface area contributed by atoms with Crippen LogP contribution in [-0.2, 0) is 6.54 Å². The van der Waals surface area contributed by atoms with Crippen molar-refractivity contribution in [2.75, 3.05) is 0 Å². The van der Waals surface area contributed by atoms with Gasteiger partial charge in [0.25, 0.3) is 0 Å². The summed E-state index contributed by atoms with van der Waals surface area (Å²) in [5, 5.41) is 4.42. The second-order valence-corrected chi connectivity index (χ2v) is 4.86. The van der Waals surface area contributed by atoms with Gasteiger partial charge in [-0.05, 0) is 33.3 Å². The summed E-state index contributed by atoms with van der Waals surface area (Å²) >= 11 is 0. The summed E-state index contributed by atoms with van der Waals surface area (Å²) in [5.74, 6) is 0. The number of nitrogens with zero attached hydrogens (tertiary/aromatic N) is 2. The lowest BCUT2D eigenvalue weighted by Gasteiger charge is -2.07. The summed E-state index contributed by atoms with van der Waals surface area (Å²) in [5.41, 5.74) is 6.16. The molecule has 2 aromatic rings. The van der Waals surface area contributed by atoms with Crippen molar-refractivity contribution in [3.05, 3.63) is 51.8 Å². The molecule has 0 amide bonds. The summed E-state index contributed by atoms with van der Waals surface area (Å²) in [6.45, 7) is 8.70. The van der Waals surface area contributed by atoms with Crippen molar-refractivity contribution in [2.24, 2.45) is 0 Å². The Morgan fingerprint density at radius 2 is 1.72 bits per heavy atom. The standard InChI is InChI=1S/C15H18N2O/c1-10-5-11(2)7-14(6-10)8-17-13(4)15(9-18)12(3)16-17/h5-7,9H,8H2,1-4H3. The van der Waals surface area contributed by atoms with Crippen LogP contribution in [0.3, 0.4) is 0 Å². The fourth-order valence-corrected chi connectivity index (χ4v) is 2.37. The van der Waals surface area contributed by atoms with E-state index in [1.807, 2.05) is 18.5 Å². The smallest absolute Gasteiger partial charge is 0.153 e. The van der Waals surface area contributed by atoms with E-state index in [9.17, 15) is 4.79 Å². The van der Waals surface area contributed by atoms with Crippen molar-refractivity contribution in [1.82, 2.24) is 9.78 Å². The van der Waals surface area contributed by atoms with E-state index in [1.165, 1.54) is 16.7 Å². The first-order valence-electron chi connectivity index (χ1n) is 6.07. The van der Waals surface area contributed by atoms with Gasteiger partial charge in [-0.25, -0.2) is 0 Å². The minimum Gasteiger partial charge on any atom is -0.298 e. The van der Waals surface area contributed by atoms with Gasteiger partial charge in [0, 0.05) is 5.69 Å². The molecule has 3 nitrogen and oxygen atoms in total. The molecule has 0 saturated carbocycles. The molecular formula is C15H18N2O. The molecule has 0 saturated heterocycles. The Bertz CT molecular complexity index is 577. The van der Waals surface area contributed by atoms with Gasteiger partial charge in [0.05, 0.1) is 17.8 Å². The minimum absolute atomic E-state index is 0.708. The number of hydrogen-bond acceptors (Lipinski definition) is 2. The van der Waals surface area contributed by atoms with Crippen molar-refractivity contribution in [3.8, 4) is 0 Å². The Labute approximate surface area is 107 Å². The van der Waals surface area contributed by atoms with E-state index in [4.69, 9.17) is 0 Å². The van der Waals surface area contributed by atoms with Crippen LogP contribution in [0, 0.1) is 27.7 Å². The van der Waals surface area contributed by atoms with Crippen LogP contribution in [0.1, 0.15) is 38.4 Å². The number of carbonyl (C=O) groups excluding carboxylic acids is 1. The van der Waals surface area contributed by atoms with Crippen molar-refractivity contribution in [3.63, 3.8) is 0 Å². The predicted molar refractivity (Wildman–Crippen MR) is 72.1 cm³/mol. The van der Waals surface area contributed by atoms with E-state index >= 15 is 0 Å². The first-order valence-corrected chi connectivity index (χ1v) is 6.07. The molecular weight excluding hydrogens is 224 g/mol. The van der Waals surface area contributed by atoms with Gasteiger partial charge in [0.15, 0.2) is 6.29 Å². The number of benzene rings is 1. The Morgan fingerprint density at radius 1 is 1.11 bits per heavy atom. The van der Waals surface area contributed by atoms with Gasteiger partial charge in [-0.15, -0.1) is 0 Å². The average molecular weight is 242 g/mol. The number of aldehydes is 1. The van der Waals surface area contributed by atoms with Crippen LogP contribution in [0.15, 0.2) is 18.2 Å². The second kappa shape index (κ2) is 4.77. The van der Waals surface area contributed by atoms with Crippen LogP contribution in [0.4, 0.5) is 0 Å². The number of carbonyl (C=O) groups is 1. The third kappa shape index (κ3) is 2.35. The lowest BCUT2D eigenvalue weighted by atomic mass is 10.1. The lowest BCUT2D eigenvalue weighted by molar-refractivity contribution is 0.112. The molecule has 94 valence electrons. The minimum atomic E-state index is 0.708. The van der Waals surface area contributed by atoms with Crippen LogP contribution in [0.5, 0.6) is 0 Å². The van der Waals surface area contributed by atoms with E-state index in [-0.39, 0.29) is 0 Å². The summed E-state index contributed by atoms with van der Waals surface area (Å²) in [7, 11) is 0. The number of rotatable bonds is 3. The molecule has 0 bridgehead atoms. The maximum atomic E-state index is 11.0. The Balaban J connectivity index is 2.37. The lowest BCUT2D eigenvalue weighted by Crippen LogP contribution is -2.04.